The lowest BCUT2D eigenvalue weighted by atomic mass is 9.64. The number of allylic oxidation sites excluding steroid dienone is 2. The molecule has 3 rings (SSSR count). The van der Waals surface area contributed by atoms with E-state index in [4.69, 9.17) is 14.2 Å². The van der Waals surface area contributed by atoms with Crippen LogP contribution >= 0.6 is 0 Å². The van der Waals surface area contributed by atoms with Crippen LogP contribution in [-0.4, -0.2) is 45.8 Å². The number of ether oxygens (including phenoxy) is 3. The fraction of sp³-hybridized carbons (Fsp3) is 0.625. The van der Waals surface area contributed by atoms with E-state index in [1.807, 2.05) is 44.7 Å². The Hall–Kier alpha value is -3.16. The Balaban J connectivity index is 1.95. The van der Waals surface area contributed by atoms with Gasteiger partial charge in [-0.1, -0.05) is 31.6 Å². The molecule has 6 atom stereocenters. The van der Waals surface area contributed by atoms with Gasteiger partial charge in [-0.25, -0.2) is 9.78 Å². The van der Waals surface area contributed by atoms with E-state index in [1.54, 1.807) is 18.5 Å². The second-order valence-corrected chi connectivity index (χ2v) is 12.6. The van der Waals surface area contributed by atoms with Gasteiger partial charge in [0.15, 0.2) is 6.10 Å². The van der Waals surface area contributed by atoms with Crippen molar-refractivity contribution in [3.8, 4) is 0 Å². The minimum Gasteiger partial charge on any atom is -0.459 e. The van der Waals surface area contributed by atoms with Crippen molar-refractivity contribution < 1.29 is 28.6 Å². The first-order valence-electron chi connectivity index (χ1n) is 14.3. The van der Waals surface area contributed by atoms with Gasteiger partial charge in [0.05, 0.1) is 17.4 Å². The molecule has 0 unspecified atom stereocenters. The predicted molar refractivity (Wildman–Crippen MR) is 154 cm³/mol. The summed E-state index contributed by atoms with van der Waals surface area (Å²) in [6.45, 7) is 13.4. The summed E-state index contributed by atoms with van der Waals surface area (Å²) in [5, 5.41) is 0. The zero-order valence-electron chi connectivity index (χ0n) is 25.3. The Morgan fingerprint density at radius 3 is 2.42 bits per heavy atom. The molecule has 0 saturated carbocycles. The molecule has 2 aliphatic carbocycles. The topological polar surface area (TPSA) is 96.7 Å². The lowest BCUT2D eigenvalue weighted by Crippen LogP contribution is -2.43. The third-order valence-corrected chi connectivity index (χ3v) is 7.90. The zero-order chi connectivity index (χ0) is 29.6. The normalized spacial score (nSPS) is 28.4. The van der Waals surface area contributed by atoms with E-state index in [-0.39, 0.29) is 23.9 Å². The molecule has 2 aliphatic rings. The van der Waals surface area contributed by atoms with Crippen molar-refractivity contribution in [2.75, 3.05) is 0 Å². The number of carbonyl (C=O) groups excluding carboxylic acids is 3. The lowest BCUT2D eigenvalue weighted by Gasteiger charge is -2.43. The summed E-state index contributed by atoms with van der Waals surface area (Å²) in [6, 6.07) is 0. The molecule has 40 heavy (non-hydrogen) atoms. The highest BCUT2D eigenvalue weighted by atomic mass is 16.6. The molecule has 1 aromatic heterocycles. The highest BCUT2D eigenvalue weighted by Gasteiger charge is 2.42. The summed E-state index contributed by atoms with van der Waals surface area (Å²) in [7, 11) is 1.87. The first kappa shape index (κ1) is 31.4. The van der Waals surface area contributed by atoms with E-state index >= 15 is 0 Å². The number of aromatic nitrogens is 2. The first-order valence-corrected chi connectivity index (χ1v) is 14.3. The number of hydrogen-bond donors (Lipinski definition) is 0. The van der Waals surface area contributed by atoms with Gasteiger partial charge in [0.25, 0.3) is 0 Å². The largest absolute Gasteiger partial charge is 0.459 e. The van der Waals surface area contributed by atoms with Crippen LogP contribution in [0, 0.1) is 29.1 Å². The van der Waals surface area contributed by atoms with E-state index < -0.39 is 29.6 Å². The quantitative estimate of drug-likeness (QED) is 0.189. The number of fused-ring (bicyclic) bond motifs is 1. The smallest absolute Gasteiger partial charge is 0.331 e. The standard InChI is InChI=1S/C32H46N2O6/c1-20(2)25-14-12-21(3)26-16-24(39-30(36)15-13-23-18-34(8)19-33-23)10-9-11-28(38-22(4)35)29(17-27(25)26)40-31(37)32(5,6)7/h9,11-13,15,18-20,24-29H,10,14,16-17H2,1-8H3/b11-9-,15-13+/t24-,25-,26+,27-,28+,29+/m1/s1. The van der Waals surface area contributed by atoms with E-state index in [0.29, 0.717) is 36.8 Å². The number of esters is 3. The second-order valence-electron chi connectivity index (χ2n) is 12.6. The van der Waals surface area contributed by atoms with E-state index in [9.17, 15) is 14.4 Å². The van der Waals surface area contributed by atoms with Gasteiger partial charge in [-0.3, -0.25) is 9.59 Å². The number of hydrogen-bond acceptors (Lipinski definition) is 7. The fourth-order valence-electron chi connectivity index (χ4n) is 5.73. The summed E-state index contributed by atoms with van der Waals surface area (Å²) >= 11 is 0. The fourth-order valence-corrected chi connectivity index (χ4v) is 5.73. The van der Waals surface area contributed by atoms with Crippen LogP contribution in [0.4, 0.5) is 0 Å². The second kappa shape index (κ2) is 13.5. The van der Waals surface area contributed by atoms with Crippen LogP contribution in [-0.2, 0) is 35.6 Å². The van der Waals surface area contributed by atoms with Crippen LogP contribution in [0.15, 0.2) is 42.4 Å². The summed E-state index contributed by atoms with van der Waals surface area (Å²) in [5.41, 5.74) is 1.24. The Morgan fingerprint density at radius 1 is 1.10 bits per heavy atom. The average molecular weight is 555 g/mol. The van der Waals surface area contributed by atoms with Crippen LogP contribution in [0.2, 0.25) is 0 Å². The monoisotopic (exact) mass is 554 g/mol. The molecule has 0 bridgehead atoms. The summed E-state index contributed by atoms with van der Waals surface area (Å²) in [6.07, 6.45) is 13.3. The lowest BCUT2D eigenvalue weighted by molar-refractivity contribution is -0.172. The first-order chi connectivity index (χ1) is 18.7. The molecule has 1 aromatic rings. The van der Waals surface area contributed by atoms with Crippen LogP contribution in [0.1, 0.15) is 79.8 Å². The number of aryl methyl sites for hydroxylation is 1. The number of rotatable bonds is 6. The van der Waals surface area contributed by atoms with Gasteiger partial charge in [0.1, 0.15) is 12.2 Å². The maximum atomic E-state index is 13.0. The zero-order valence-corrected chi connectivity index (χ0v) is 25.3. The Bertz CT molecular complexity index is 1140. The molecule has 0 saturated heterocycles. The maximum Gasteiger partial charge on any atom is 0.331 e. The summed E-state index contributed by atoms with van der Waals surface area (Å²) in [4.78, 5) is 42.2. The van der Waals surface area contributed by atoms with Gasteiger partial charge in [0.2, 0.25) is 0 Å². The van der Waals surface area contributed by atoms with Crippen LogP contribution in [0.3, 0.4) is 0 Å². The van der Waals surface area contributed by atoms with Crippen molar-refractivity contribution in [3.05, 3.63) is 48.1 Å². The molecule has 0 aliphatic heterocycles. The number of imidazole rings is 1. The molecule has 0 N–H and O–H groups in total. The molecule has 0 radical (unpaired) electrons. The molecular formula is C32H46N2O6. The molecule has 0 spiro atoms. The van der Waals surface area contributed by atoms with Gasteiger partial charge in [0, 0.05) is 32.7 Å². The van der Waals surface area contributed by atoms with Gasteiger partial charge >= 0.3 is 17.9 Å². The van der Waals surface area contributed by atoms with E-state index in [0.717, 1.165) is 6.42 Å². The van der Waals surface area contributed by atoms with E-state index in [2.05, 4.69) is 31.8 Å². The summed E-state index contributed by atoms with van der Waals surface area (Å²) in [5.74, 6) is -0.189. The molecular weight excluding hydrogens is 508 g/mol. The summed E-state index contributed by atoms with van der Waals surface area (Å²) < 4.78 is 19.6. The molecule has 1 heterocycles. The minimum atomic E-state index is -0.734. The van der Waals surface area contributed by atoms with Crippen molar-refractivity contribution in [2.45, 2.75) is 92.5 Å². The minimum absolute atomic E-state index is 0.124. The number of carbonyl (C=O) groups is 3. The Labute approximate surface area is 238 Å². The van der Waals surface area contributed by atoms with Crippen LogP contribution in [0.25, 0.3) is 6.08 Å². The van der Waals surface area contributed by atoms with E-state index in [1.165, 1.54) is 18.6 Å². The molecule has 8 nitrogen and oxygen atoms in total. The predicted octanol–water partition coefficient (Wildman–Crippen LogP) is 5.83. The van der Waals surface area contributed by atoms with Crippen LogP contribution in [0.5, 0.6) is 0 Å². The van der Waals surface area contributed by atoms with Crippen molar-refractivity contribution in [1.29, 1.82) is 0 Å². The highest BCUT2D eigenvalue weighted by Crippen LogP contribution is 2.45. The number of nitrogens with zero attached hydrogens (tertiary/aromatic N) is 2. The molecule has 220 valence electrons. The maximum absolute atomic E-state index is 13.0. The molecule has 0 aromatic carbocycles. The van der Waals surface area contributed by atoms with Crippen LogP contribution < -0.4 is 0 Å². The van der Waals surface area contributed by atoms with Gasteiger partial charge in [-0.05, 0) is 82.8 Å². The van der Waals surface area contributed by atoms with Crippen molar-refractivity contribution in [3.63, 3.8) is 0 Å². The average Bonchev–Trinajstić information content (AvgIpc) is 3.27. The Kier molecular flexibility index (Phi) is 10.6. The highest BCUT2D eigenvalue weighted by molar-refractivity contribution is 5.86. The third kappa shape index (κ3) is 8.67. The van der Waals surface area contributed by atoms with Gasteiger partial charge < -0.3 is 18.8 Å². The SMILES string of the molecule is CC(=O)O[C@H]1/C=C\C[C@@H](OC(=O)/C=C/c2cn(C)cn2)C[C@H]2C(C)=CC[C@H](C(C)C)[C@H]2C[C@@H]1OC(=O)C(C)(C)C. The third-order valence-electron chi connectivity index (χ3n) is 7.90. The van der Waals surface area contributed by atoms with Crippen molar-refractivity contribution >= 4 is 24.0 Å². The Morgan fingerprint density at radius 2 is 1.82 bits per heavy atom. The molecule has 0 fully saturated rings. The van der Waals surface area contributed by atoms with Crippen molar-refractivity contribution in [2.24, 2.45) is 36.1 Å². The van der Waals surface area contributed by atoms with Gasteiger partial charge in [-0.2, -0.15) is 0 Å². The van der Waals surface area contributed by atoms with Gasteiger partial charge in [-0.15, -0.1) is 0 Å². The molecule has 8 heteroatoms. The van der Waals surface area contributed by atoms with Crippen molar-refractivity contribution in [1.82, 2.24) is 9.55 Å². The molecule has 0 amide bonds.